The van der Waals surface area contributed by atoms with E-state index in [1.165, 1.54) is 16.7 Å². The van der Waals surface area contributed by atoms with E-state index in [0.29, 0.717) is 6.54 Å². The average molecular weight is 256 g/mol. The van der Waals surface area contributed by atoms with E-state index in [4.69, 9.17) is 0 Å². The predicted octanol–water partition coefficient (Wildman–Crippen LogP) is 2.52. The van der Waals surface area contributed by atoms with Crippen molar-refractivity contribution < 1.29 is 5.11 Å². The third-order valence-corrected chi connectivity index (χ3v) is 3.37. The van der Waals surface area contributed by atoms with E-state index >= 15 is 0 Å². The fourth-order valence-corrected chi connectivity index (χ4v) is 2.17. The summed E-state index contributed by atoms with van der Waals surface area (Å²) in [7, 11) is 0. The third-order valence-electron chi connectivity index (χ3n) is 3.37. The highest BCUT2D eigenvalue weighted by molar-refractivity contribution is 5.33. The van der Waals surface area contributed by atoms with E-state index in [-0.39, 0.29) is 0 Å². The number of nitrogens with zero attached hydrogens (tertiary/aromatic N) is 1. The molecule has 19 heavy (non-hydrogen) atoms. The maximum Gasteiger partial charge on any atom is 0.0915 e. The molecular weight excluding hydrogens is 236 g/mol. The van der Waals surface area contributed by atoms with Gasteiger partial charge in [-0.05, 0) is 48.2 Å². The quantitative estimate of drug-likeness (QED) is 0.864. The van der Waals surface area contributed by atoms with Crippen LogP contribution in [0.25, 0.3) is 0 Å². The number of aliphatic hydroxyl groups excluding tert-OH is 1. The van der Waals surface area contributed by atoms with Crippen LogP contribution in [0.3, 0.4) is 0 Å². The van der Waals surface area contributed by atoms with Crippen molar-refractivity contribution in [3.8, 4) is 0 Å². The monoisotopic (exact) mass is 256 g/mol. The summed E-state index contributed by atoms with van der Waals surface area (Å²) in [6.07, 6.45) is 2.90. The Hall–Kier alpha value is -1.71. The van der Waals surface area contributed by atoms with E-state index in [0.717, 1.165) is 12.1 Å². The predicted molar refractivity (Wildman–Crippen MR) is 76.8 cm³/mol. The molecule has 1 aromatic heterocycles. The zero-order chi connectivity index (χ0) is 13.7. The Labute approximate surface area is 114 Å². The molecule has 100 valence electrons. The standard InChI is InChI=1S/C16H20N2O/c1-12-4-3-5-13(2)15(12)10-18-11-16(19)14-6-8-17-9-7-14/h3-9,16,18-19H,10-11H2,1-2H3/t16-/m1/s1. The summed E-state index contributed by atoms with van der Waals surface area (Å²) in [6.45, 7) is 5.55. The van der Waals surface area contributed by atoms with Gasteiger partial charge in [-0.1, -0.05) is 18.2 Å². The fourth-order valence-electron chi connectivity index (χ4n) is 2.17. The van der Waals surface area contributed by atoms with Crippen LogP contribution >= 0.6 is 0 Å². The van der Waals surface area contributed by atoms with E-state index in [1.807, 2.05) is 12.1 Å². The highest BCUT2D eigenvalue weighted by Gasteiger charge is 2.07. The molecule has 0 amide bonds. The van der Waals surface area contributed by atoms with Crippen LogP contribution in [0, 0.1) is 13.8 Å². The topological polar surface area (TPSA) is 45.1 Å². The lowest BCUT2D eigenvalue weighted by Crippen LogP contribution is -2.22. The molecule has 0 radical (unpaired) electrons. The molecule has 0 aliphatic rings. The molecule has 0 unspecified atom stereocenters. The van der Waals surface area contributed by atoms with Crippen molar-refractivity contribution in [1.82, 2.24) is 10.3 Å². The minimum atomic E-state index is -0.493. The van der Waals surface area contributed by atoms with Gasteiger partial charge >= 0.3 is 0 Å². The van der Waals surface area contributed by atoms with Crippen LogP contribution in [0.1, 0.15) is 28.4 Å². The SMILES string of the molecule is Cc1cccc(C)c1CNC[C@@H](O)c1ccncc1. The second-order valence-corrected chi connectivity index (χ2v) is 4.80. The molecule has 3 heteroatoms. The summed E-state index contributed by atoms with van der Waals surface area (Å²) in [4.78, 5) is 3.95. The lowest BCUT2D eigenvalue weighted by atomic mass is 10.0. The first kappa shape index (κ1) is 13.7. The molecule has 3 nitrogen and oxygen atoms in total. The molecule has 1 heterocycles. The van der Waals surface area contributed by atoms with Crippen molar-refractivity contribution in [3.63, 3.8) is 0 Å². The van der Waals surface area contributed by atoms with Crippen LogP contribution < -0.4 is 5.32 Å². The Balaban J connectivity index is 1.90. The number of aromatic nitrogens is 1. The van der Waals surface area contributed by atoms with Crippen LogP contribution in [0.5, 0.6) is 0 Å². The molecule has 0 saturated heterocycles. The van der Waals surface area contributed by atoms with Crippen molar-refractivity contribution in [2.75, 3.05) is 6.54 Å². The fraction of sp³-hybridized carbons (Fsp3) is 0.312. The summed E-state index contributed by atoms with van der Waals surface area (Å²) >= 11 is 0. The van der Waals surface area contributed by atoms with Crippen molar-refractivity contribution in [2.24, 2.45) is 0 Å². The number of hydrogen-bond donors (Lipinski definition) is 2. The average Bonchev–Trinajstić information content (AvgIpc) is 2.43. The Morgan fingerprint density at radius 2 is 1.74 bits per heavy atom. The minimum absolute atomic E-state index is 0.493. The first-order valence-corrected chi connectivity index (χ1v) is 6.52. The van der Waals surface area contributed by atoms with Gasteiger partial charge in [0.1, 0.15) is 0 Å². The van der Waals surface area contributed by atoms with Crippen LogP contribution in [0.2, 0.25) is 0 Å². The maximum absolute atomic E-state index is 10.0. The van der Waals surface area contributed by atoms with Crippen LogP contribution in [0.4, 0.5) is 0 Å². The Morgan fingerprint density at radius 1 is 1.11 bits per heavy atom. The molecule has 1 atom stereocenters. The van der Waals surface area contributed by atoms with Gasteiger partial charge < -0.3 is 10.4 Å². The zero-order valence-electron chi connectivity index (χ0n) is 11.4. The van der Waals surface area contributed by atoms with Gasteiger partial charge in [0, 0.05) is 25.5 Å². The number of benzene rings is 1. The summed E-state index contributed by atoms with van der Waals surface area (Å²) < 4.78 is 0. The Morgan fingerprint density at radius 3 is 2.37 bits per heavy atom. The normalized spacial score (nSPS) is 12.4. The second kappa shape index (κ2) is 6.45. The van der Waals surface area contributed by atoms with E-state index in [1.54, 1.807) is 12.4 Å². The van der Waals surface area contributed by atoms with Gasteiger partial charge in [-0.25, -0.2) is 0 Å². The summed E-state index contributed by atoms with van der Waals surface area (Å²) in [5, 5.41) is 13.4. The van der Waals surface area contributed by atoms with Crippen molar-refractivity contribution >= 4 is 0 Å². The van der Waals surface area contributed by atoms with E-state index < -0.39 is 6.10 Å². The van der Waals surface area contributed by atoms with Gasteiger partial charge in [0.2, 0.25) is 0 Å². The largest absolute Gasteiger partial charge is 0.387 e. The number of pyridine rings is 1. The highest BCUT2D eigenvalue weighted by atomic mass is 16.3. The summed E-state index contributed by atoms with van der Waals surface area (Å²) in [6, 6.07) is 9.98. The molecule has 2 N–H and O–H groups in total. The lowest BCUT2D eigenvalue weighted by Gasteiger charge is -2.14. The van der Waals surface area contributed by atoms with E-state index in [9.17, 15) is 5.11 Å². The molecule has 0 aliphatic heterocycles. The molecular formula is C16H20N2O. The lowest BCUT2D eigenvalue weighted by molar-refractivity contribution is 0.174. The second-order valence-electron chi connectivity index (χ2n) is 4.80. The van der Waals surface area contributed by atoms with Crippen molar-refractivity contribution in [1.29, 1.82) is 0 Å². The molecule has 0 saturated carbocycles. The number of aliphatic hydroxyl groups is 1. The van der Waals surface area contributed by atoms with Gasteiger partial charge in [-0.15, -0.1) is 0 Å². The first-order valence-electron chi connectivity index (χ1n) is 6.52. The van der Waals surface area contributed by atoms with Gasteiger partial charge in [-0.2, -0.15) is 0 Å². The number of hydrogen-bond acceptors (Lipinski definition) is 3. The molecule has 2 rings (SSSR count). The number of rotatable bonds is 5. The number of nitrogens with one attached hydrogen (secondary N) is 1. The molecule has 0 spiro atoms. The molecule has 2 aromatic rings. The molecule has 0 bridgehead atoms. The van der Waals surface area contributed by atoms with Crippen LogP contribution in [0.15, 0.2) is 42.7 Å². The van der Waals surface area contributed by atoms with Gasteiger partial charge in [-0.3, -0.25) is 4.98 Å². The summed E-state index contributed by atoms with van der Waals surface area (Å²) in [5.74, 6) is 0. The summed E-state index contributed by atoms with van der Waals surface area (Å²) in [5.41, 5.74) is 4.77. The zero-order valence-corrected chi connectivity index (χ0v) is 11.4. The van der Waals surface area contributed by atoms with Crippen molar-refractivity contribution in [3.05, 3.63) is 65.0 Å². The Kier molecular flexibility index (Phi) is 4.66. The van der Waals surface area contributed by atoms with Crippen LogP contribution in [-0.2, 0) is 6.54 Å². The maximum atomic E-state index is 10.0. The van der Waals surface area contributed by atoms with Gasteiger partial charge in [0.05, 0.1) is 6.10 Å². The van der Waals surface area contributed by atoms with Crippen molar-refractivity contribution in [2.45, 2.75) is 26.5 Å². The van der Waals surface area contributed by atoms with Crippen LogP contribution in [-0.4, -0.2) is 16.6 Å². The third kappa shape index (κ3) is 3.63. The van der Waals surface area contributed by atoms with Gasteiger partial charge in [0.25, 0.3) is 0 Å². The van der Waals surface area contributed by atoms with E-state index in [2.05, 4.69) is 42.3 Å². The molecule has 0 aliphatic carbocycles. The molecule has 1 aromatic carbocycles. The number of aryl methyl sites for hydroxylation is 2. The molecule has 0 fully saturated rings. The smallest absolute Gasteiger partial charge is 0.0915 e. The minimum Gasteiger partial charge on any atom is -0.387 e. The first-order chi connectivity index (χ1) is 9.18. The Bertz CT molecular complexity index is 505. The highest BCUT2D eigenvalue weighted by Crippen LogP contribution is 2.14. The van der Waals surface area contributed by atoms with Gasteiger partial charge in [0.15, 0.2) is 0 Å².